The Bertz CT molecular complexity index is 1110. The molecule has 3 aliphatic rings. The zero-order valence-corrected chi connectivity index (χ0v) is 19.5. The minimum Gasteiger partial charge on any atom is -0.481 e. The SMILES string of the molecule is O=C(O)CC1CC(NC(=O)C2CC=CC(NC(=O)OCC3c4ccccc4-c4ccccc43)C2)C1. The molecule has 0 bridgehead atoms. The summed E-state index contributed by atoms with van der Waals surface area (Å²) < 4.78 is 5.64. The molecule has 2 aromatic rings. The number of aliphatic carboxylic acids is 1. The van der Waals surface area contributed by atoms with Gasteiger partial charge in [-0.15, -0.1) is 0 Å². The van der Waals surface area contributed by atoms with Crippen LogP contribution in [0.15, 0.2) is 60.7 Å². The van der Waals surface area contributed by atoms with Crippen LogP contribution in [0.3, 0.4) is 0 Å². The van der Waals surface area contributed by atoms with Gasteiger partial charge in [0.15, 0.2) is 0 Å². The number of carbonyl (C=O) groups is 3. The number of amides is 2. The number of ether oxygens (including phenoxy) is 1. The predicted octanol–water partition coefficient (Wildman–Crippen LogP) is 4.23. The second-order valence-corrected chi connectivity index (χ2v) is 9.81. The smallest absolute Gasteiger partial charge is 0.407 e. The highest BCUT2D eigenvalue weighted by Crippen LogP contribution is 2.44. The summed E-state index contributed by atoms with van der Waals surface area (Å²) in [6.07, 6.45) is 6.07. The van der Waals surface area contributed by atoms with Crippen molar-refractivity contribution in [2.24, 2.45) is 11.8 Å². The maximum Gasteiger partial charge on any atom is 0.407 e. The van der Waals surface area contributed by atoms with Crippen molar-refractivity contribution in [3.63, 3.8) is 0 Å². The van der Waals surface area contributed by atoms with Gasteiger partial charge in [0, 0.05) is 24.3 Å². The van der Waals surface area contributed by atoms with Crippen LogP contribution in [0.5, 0.6) is 0 Å². The van der Waals surface area contributed by atoms with Crippen molar-refractivity contribution in [2.75, 3.05) is 6.61 Å². The van der Waals surface area contributed by atoms with Gasteiger partial charge < -0.3 is 20.5 Å². The van der Waals surface area contributed by atoms with Crippen LogP contribution in [0.1, 0.15) is 49.1 Å². The van der Waals surface area contributed by atoms with Gasteiger partial charge in [-0.2, -0.15) is 0 Å². The quantitative estimate of drug-likeness (QED) is 0.521. The number of benzene rings is 2. The molecule has 35 heavy (non-hydrogen) atoms. The first-order valence-corrected chi connectivity index (χ1v) is 12.3. The van der Waals surface area contributed by atoms with E-state index in [0.29, 0.717) is 25.7 Å². The van der Waals surface area contributed by atoms with Crippen LogP contribution in [0.4, 0.5) is 4.79 Å². The number of nitrogens with one attached hydrogen (secondary N) is 2. The fourth-order valence-corrected chi connectivity index (χ4v) is 5.59. The van der Waals surface area contributed by atoms with E-state index in [1.165, 1.54) is 11.1 Å². The van der Waals surface area contributed by atoms with Gasteiger partial charge in [-0.3, -0.25) is 9.59 Å². The van der Waals surface area contributed by atoms with Crippen molar-refractivity contribution in [1.29, 1.82) is 0 Å². The van der Waals surface area contributed by atoms with Gasteiger partial charge in [-0.05, 0) is 53.9 Å². The first kappa shape index (κ1) is 23.1. The van der Waals surface area contributed by atoms with Crippen molar-refractivity contribution in [3.05, 3.63) is 71.8 Å². The van der Waals surface area contributed by atoms with Crippen molar-refractivity contribution in [2.45, 2.75) is 50.1 Å². The Kier molecular flexibility index (Phi) is 6.57. The Morgan fingerprint density at radius 1 is 0.914 bits per heavy atom. The molecule has 3 N–H and O–H groups in total. The zero-order valence-electron chi connectivity index (χ0n) is 19.5. The molecule has 182 valence electrons. The molecule has 7 nitrogen and oxygen atoms in total. The number of fused-ring (bicyclic) bond motifs is 3. The summed E-state index contributed by atoms with van der Waals surface area (Å²) in [5.41, 5.74) is 4.69. The minimum absolute atomic E-state index is 0.000930. The Balaban J connectivity index is 1.11. The third kappa shape index (κ3) is 5.09. The van der Waals surface area contributed by atoms with Crippen molar-refractivity contribution < 1.29 is 24.2 Å². The molecule has 0 aromatic heterocycles. The predicted molar refractivity (Wildman–Crippen MR) is 131 cm³/mol. The molecule has 0 saturated heterocycles. The molecule has 2 aromatic carbocycles. The molecular weight excluding hydrogens is 444 g/mol. The van der Waals surface area contributed by atoms with Crippen molar-refractivity contribution >= 4 is 18.0 Å². The van der Waals surface area contributed by atoms with Crippen LogP contribution in [-0.2, 0) is 14.3 Å². The van der Waals surface area contributed by atoms with Gasteiger partial charge in [0.05, 0.1) is 6.04 Å². The Labute approximate surface area is 204 Å². The Morgan fingerprint density at radius 2 is 1.57 bits per heavy atom. The largest absolute Gasteiger partial charge is 0.481 e. The van der Waals surface area contributed by atoms with Crippen LogP contribution in [0.25, 0.3) is 11.1 Å². The summed E-state index contributed by atoms with van der Waals surface area (Å²) in [7, 11) is 0. The average molecular weight is 475 g/mol. The number of carboxylic acids is 1. The van der Waals surface area contributed by atoms with E-state index in [2.05, 4.69) is 34.9 Å². The fourth-order valence-electron chi connectivity index (χ4n) is 5.59. The van der Waals surface area contributed by atoms with Gasteiger partial charge in [0.1, 0.15) is 6.61 Å². The maximum absolute atomic E-state index is 12.7. The minimum atomic E-state index is -0.792. The van der Waals surface area contributed by atoms with Gasteiger partial charge in [-0.1, -0.05) is 60.7 Å². The molecule has 2 atom stereocenters. The normalized spacial score (nSPS) is 24.6. The monoisotopic (exact) mass is 474 g/mol. The van der Waals surface area contributed by atoms with E-state index in [4.69, 9.17) is 9.84 Å². The standard InChI is InChI=1S/C28H30N2O5/c31-26(32)14-17-12-20(13-17)29-27(33)18-6-5-7-19(15-18)30-28(34)35-16-25-23-10-3-1-8-21(23)22-9-2-4-11-24(22)25/h1-5,7-11,17-20,25H,6,12-16H2,(H,29,33)(H,30,34)(H,31,32). The number of hydrogen-bond donors (Lipinski definition) is 3. The summed E-state index contributed by atoms with van der Waals surface area (Å²) in [6, 6.07) is 16.2. The molecule has 1 saturated carbocycles. The molecule has 0 heterocycles. The zero-order chi connectivity index (χ0) is 24.4. The lowest BCUT2D eigenvalue weighted by Crippen LogP contribution is -2.48. The summed E-state index contributed by atoms with van der Waals surface area (Å²) in [5.74, 6) is -0.905. The first-order valence-electron chi connectivity index (χ1n) is 12.3. The number of alkyl carbamates (subject to hydrolysis) is 1. The fraction of sp³-hybridized carbons (Fsp3) is 0.393. The lowest BCUT2D eigenvalue weighted by Gasteiger charge is -2.36. The number of carboxylic acid groups (broad SMARTS) is 1. The molecule has 3 aliphatic carbocycles. The van der Waals surface area contributed by atoms with Crippen LogP contribution in [0.2, 0.25) is 0 Å². The first-order chi connectivity index (χ1) is 17.0. The Morgan fingerprint density at radius 3 is 2.23 bits per heavy atom. The van der Waals surface area contributed by atoms with Crippen molar-refractivity contribution in [3.8, 4) is 11.1 Å². The van der Waals surface area contributed by atoms with E-state index in [1.807, 2.05) is 36.4 Å². The molecule has 5 rings (SSSR count). The number of allylic oxidation sites excluding steroid dienone is 1. The third-order valence-electron chi connectivity index (χ3n) is 7.39. The topological polar surface area (TPSA) is 105 Å². The number of rotatable bonds is 7. The van der Waals surface area contributed by atoms with Gasteiger partial charge in [0.25, 0.3) is 0 Å². The lowest BCUT2D eigenvalue weighted by molar-refractivity contribution is -0.139. The number of carbonyl (C=O) groups excluding carboxylic acids is 2. The second kappa shape index (κ2) is 9.94. The molecular formula is C28H30N2O5. The Hall–Kier alpha value is -3.61. The number of hydrogen-bond acceptors (Lipinski definition) is 4. The average Bonchev–Trinajstić information content (AvgIpc) is 3.15. The van der Waals surface area contributed by atoms with Crippen molar-refractivity contribution in [1.82, 2.24) is 10.6 Å². The van der Waals surface area contributed by atoms with E-state index in [-0.39, 0.29) is 48.8 Å². The van der Waals surface area contributed by atoms with E-state index in [9.17, 15) is 14.4 Å². The van der Waals surface area contributed by atoms with Gasteiger partial charge in [0.2, 0.25) is 5.91 Å². The molecule has 2 unspecified atom stereocenters. The van der Waals surface area contributed by atoms with E-state index in [0.717, 1.165) is 11.1 Å². The molecule has 1 fully saturated rings. The van der Waals surface area contributed by atoms with E-state index < -0.39 is 12.1 Å². The van der Waals surface area contributed by atoms with Crippen LogP contribution in [0, 0.1) is 11.8 Å². The van der Waals surface area contributed by atoms with Gasteiger partial charge >= 0.3 is 12.1 Å². The molecule has 2 amide bonds. The maximum atomic E-state index is 12.7. The molecule has 0 radical (unpaired) electrons. The van der Waals surface area contributed by atoms with Gasteiger partial charge in [-0.25, -0.2) is 4.79 Å². The molecule has 7 heteroatoms. The van der Waals surface area contributed by atoms with Crippen LogP contribution >= 0.6 is 0 Å². The van der Waals surface area contributed by atoms with E-state index in [1.54, 1.807) is 0 Å². The highest BCUT2D eigenvalue weighted by atomic mass is 16.5. The summed E-state index contributed by atoms with van der Waals surface area (Å²) in [4.78, 5) is 36.1. The summed E-state index contributed by atoms with van der Waals surface area (Å²) in [5, 5.41) is 14.8. The van der Waals surface area contributed by atoms with Crippen LogP contribution < -0.4 is 10.6 Å². The second-order valence-electron chi connectivity index (χ2n) is 9.81. The highest BCUT2D eigenvalue weighted by molar-refractivity contribution is 5.80. The third-order valence-corrected chi connectivity index (χ3v) is 7.39. The summed E-state index contributed by atoms with van der Waals surface area (Å²) >= 11 is 0. The highest BCUT2D eigenvalue weighted by Gasteiger charge is 2.34. The lowest BCUT2D eigenvalue weighted by atomic mass is 9.77. The molecule has 0 spiro atoms. The summed E-state index contributed by atoms with van der Waals surface area (Å²) in [6.45, 7) is 0.249. The van der Waals surface area contributed by atoms with E-state index >= 15 is 0 Å². The van der Waals surface area contributed by atoms with Crippen LogP contribution in [-0.4, -0.2) is 41.8 Å². The molecule has 0 aliphatic heterocycles.